The van der Waals surface area contributed by atoms with E-state index in [9.17, 15) is 13.2 Å². The van der Waals surface area contributed by atoms with Gasteiger partial charge in [-0.15, -0.1) is 13.2 Å². The maximum Gasteiger partial charge on any atom is 0.573 e. The number of para-hydroxylation sites is 2. The van der Waals surface area contributed by atoms with Crippen molar-refractivity contribution in [2.75, 3.05) is 5.32 Å². The molecule has 0 saturated carbocycles. The number of ether oxygens (including phenoxy) is 1. The van der Waals surface area contributed by atoms with Crippen LogP contribution >= 0.6 is 27.5 Å². The van der Waals surface area contributed by atoms with Gasteiger partial charge in [-0.2, -0.15) is 0 Å². The molecule has 0 saturated heterocycles. The Kier molecular flexibility index (Phi) is 5.00. The fourth-order valence-electron chi connectivity index (χ4n) is 1.67. The van der Waals surface area contributed by atoms with Gasteiger partial charge in [0, 0.05) is 11.0 Å². The summed E-state index contributed by atoms with van der Waals surface area (Å²) in [6.07, 6.45) is -4.72. The Morgan fingerprint density at radius 3 is 2.52 bits per heavy atom. The summed E-state index contributed by atoms with van der Waals surface area (Å²) in [6.45, 7) is 0.341. The summed E-state index contributed by atoms with van der Waals surface area (Å²) >= 11 is 9.18. The molecule has 0 spiro atoms. The topological polar surface area (TPSA) is 21.3 Å². The van der Waals surface area contributed by atoms with Crippen molar-refractivity contribution in [1.29, 1.82) is 0 Å². The molecule has 0 bridgehead atoms. The molecule has 112 valence electrons. The minimum atomic E-state index is -4.72. The molecule has 0 heterocycles. The Morgan fingerprint density at radius 1 is 1.14 bits per heavy atom. The van der Waals surface area contributed by atoms with Crippen molar-refractivity contribution in [3.05, 3.63) is 57.5 Å². The van der Waals surface area contributed by atoms with Crippen LogP contribution in [0.4, 0.5) is 18.9 Å². The fraction of sp³-hybridized carbons (Fsp3) is 0.143. The van der Waals surface area contributed by atoms with Crippen LogP contribution in [0, 0.1) is 0 Å². The van der Waals surface area contributed by atoms with Gasteiger partial charge in [0.05, 0.1) is 10.7 Å². The highest BCUT2D eigenvalue weighted by Crippen LogP contribution is 2.30. The lowest BCUT2D eigenvalue weighted by Crippen LogP contribution is -2.18. The van der Waals surface area contributed by atoms with Gasteiger partial charge in [0.25, 0.3) is 0 Å². The lowest BCUT2D eigenvalue weighted by molar-refractivity contribution is -0.274. The predicted octanol–water partition coefficient (Wildman–Crippen LogP) is 5.61. The van der Waals surface area contributed by atoms with Crippen molar-refractivity contribution < 1.29 is 17.9 Å². The second-order valence-corrected chi connectivity index (χ2v) is 5.41. The lowest BCUT2D eigenvalue weighted by atomic mass is 10.2. The highest BCUT2D eigenvalue weighted by atomic mass is 79.9. The van der Waals surface area contributed by atoms with Crippen LogP contribution in [0.25, 0.3) is 0 Å². The second-order valence-electron chi connectivity index (χ2n) is 4.15. The third kappa shape index (κ3) is 4.82. The molecule has 2 rings (SSSR count). The van der Waals surface area contributed by atoms with E-state index in [4.69, 9.17) is 11.6 Å². The van der Waals surface area contributed by atoms with Crippen LogP contribution in [0.3, 0.4) is 0 Å². The number of anilines is 1. The van der Waals surface area contributed by atoms with E-state index < -0.39 is 6.36 Å². The van der Waals surface area contributed by atoms with Crippen LogP contribution < -0.4 is 10.1 Å². The molecule has 1 N–H and O–H groups in total. The second kappa shape index (κ2) is 6.58. The van der Waals surface area contributed by atoms with Crippen LogP contribution in [0.15, 0.2) is 46.9 Å². The number of hydrogen-bond acceptors (Lipinski definition) is 2. The van der Waals surface area contributed by atoms with Gasteiger partial charge in [0.1, 0.15) is 0 Å². The summed E-state index contributed by atoms with van der Waals surface area (Å²) in [5.74, 6) is -0.266. The monoisotopic (exact) mass is 379 g/mol. The first-order valence-electron chi connectivity index (χ1n) is 5.88. The third-order valence-electron chi connectivity index (χ3n) is 2.58. The molecule has 0 aliphatic carbocycles. The third-order valence-corrected chi connectivity index (χ3v) is 3.79. The molecule has 0 atom stereocenters. The Morgan fingerprint density at radius 2 is 1.86 bits per heavy atom. The molecule has 0 unspecified atom stereocenters. The Balaban J connectivity index is 2.11. The van der Waals surface area contributed by atoms with Crippen molar-refractivity contribution in [2.45, 2.75) is 12.9 Å². The van der Waals surface area contributed by atoms with Crippen LogP contribution in [-0.2, 0) is 6.54 Å². The lowest BCUT2D eigenvalue weighted by Gasteiger charge is -2.14. The van der Waals surface area contributed by atoms with E-state index >= 15 is 0 Å². The Hall–Kier alpha value is -1.40. The van der Waals surface area contributed by atoms with Gasteiger partial charge in [-0.3, -0.25) is 0 Å². The van der Waals surface area contributed by atoms with Gasteiger partial charge in [0.15, 0.2) is 5.75 Å². The molecule has 0 aliphatic rings. The molecular formula is C14H10BrClF3NO. The zero-order valence-electron chi connectivity index (χ0n) is 10.5. The summed E-state index contributed by atoms with van der Waals surface area (Å²) < 4.78 is 41.6. The number of rotatable bonds is 4. The SMILES string of the molecule is FC(F)(F)Oc1ccccc1NCc1ccc(Cl)c(Br)c1. The number of nitrogens with one attached hydrogen (secondary N) is 1. The van der Waals surface area contributed by atoms with Crippen molar-refractivity contribution in [3.8, 4) is 5.75 Å². The predicted molar refractivity (Wildman–Crippen MR) is 79.6 cm³/mol. The van der Waals surface area contributed by atoms with Crippen molar-refractivity contribution >= 4 is 33.2 Å². The number of halogens is 5. The van der Waals surface area contributed by atoms with E-state index in [0.717, 1.165) is 10.0 Å². The largest absolute Gasteiger partial charge is 0.573 e. The highest BCUT2D eigenvalue weighted by molar-refractivity contribution is 9.10. The summed E-state index contributed by atoms with van der Waals surface area (Å²) in [5.41, 5.74) is 1.13. The minimum absolute atomic E-state index is 0.265. The van der Waals surface area contributed by atoms with Gasteiger partial charge in [-0.05, 0) is 45.8 Å². The molecule has 2 nitrogen and oxygen atoms in total. The number of benzene rings is 2. The zero-order chi connectivity index (χ0) is 15.5. The maximum atomic E-state index is 12.3. The smallest absolute Gasteiger partial charge is 0.404 e. The van der Waals surface area contributed by atoms with Gasteiger partial charge in [-0.25, -0.2) is 0 Å². The summed E-state index contributed by atoms with van der Waals surface area (Å²) in [6, 6.07) is 11.2. The molecule has 0 aliphatic heterocycles. The standard InChI is InChI=1S/C14H10BrClF3NO/c15-10-7-9(5-6-11(10)16)8-20-12-3-1-2-4-13(12)21-14(17,18)19/h1-7,20H,8H2. The molecule has 2 aromatic rings. The summed E-state index contributed by atoms with van der Waals surface area (Å²) in [7, 11) is 0. The van der Waals surface area contributed by atoms with Crippen molar-refractivity contribution in [2.24, 2.45) is 0 Å². The van der Waals surface area contributed by atoms with Crippen LogP contribution in [-0.4, -0.2) is 6.36 Å². The molecule has 0 radical (unpaired) electrons. The minimum Gasteiger partial charge on any atom is -0.404 e. The maximum absolute atomic E-state index is 12.3. The van der Waals surface area contributed by atoms with E-state index in [-0.39, 0.29) is 11.4 Å². The molecule has 0 aromatic heterocycles. The fourth-order valence-corrected chi connectivity index (χ4v) is 2.22. The first kappa shape index (κ1) is 16.0. The van der Waals surface area contributed by atoms with Crippen LogP contribution in [0.1, 0.15) is 5.56 Å². The van der Waals surface area contributed by atoms with E-state index in [1.54, 1.807) is 24.3 Å². The number of hydrogen-bond donors (Lipinski definition) is 1. The average Bonchev–Trinajstić information content (AvgIpc) is 2.40. The van der Waals surface area contributed by atoms with Gasteiger partial charge < -0.3 is 10.1 Å². The first-order valence-corrected chi connectivity index (χ1v) is 7.05. The van der Waals surface area contributed by atoms with Crippen molar-refractivity contribution in [3.63, 3.8) is 0 Å². The molecule has 2 aromatic carbocycles. The van der Waals surface area contributed by atoms with Gasteiger partial charge in [-0.1, -0.05) is 29.8 Å². The van der Waals surface area contributed by atoms with Crippen molar-refractivity contribution in [1.82, 2.24) is 0 Å². The molecule has 0 fully saturated rings. The molecule has 21 heavy (non-hydrogen) atoms. The number of alkyl halides is 3. The normalized spacial score (nSPS) is 11.3. The van der Waals surface area contributed by atoms with E-state index in [1.807, 2.05) is 0 Å². The molecule has 0 amide bonds. The molecular weight excluding hydrogens is 371 g/mol. The van der Waals surface area contributed by atoms with Crippen LogP contribution in [0.2, 0.25) is 5.02 Å². The quantitative estimate of drug-likeness (QED) is 0.744. The Bertz CT molecular complexity index is 634. The van der Waals surface area contributed by atoms with E-state index in [1.165, 1.54) is 18.2 Å². The van der Waals surface area contributed by atoms with E-state index in [2.05, 4.69) is 26.0 Å². The zero-order valence-corrected chi connectivity index (χ0v) is 12.9. The Labute approximate surface area is 133 Å². The summed E-state index contributed by atoms with van der Waals surface area (Å²) in [4.78, 5) is 0. The van der Waals surface area contributed by atoms with Crippen LogP contribution in [0.5, 0.6) is 5.75 Å². The summed E-state index contributed by atoms with van der Waals surface area (Å²) in [5, 5.41) is 3.48. The van der Waals surface area contributed by atoms with E-state index in [0.29, 0.717) is 11.6 Å². The molecule has 7 heteroatoms. The average molecular weight is 381 g/mol. The van der Waals surface area contributed by atoms with Gasteiger partial charge >= 0.3 is 6.36 Å². The first-order chi connectivity index (χ1) is 9.85. The highest BCUT2D eigenvalue weighted by Gasteiger charge is 2.32. The van der Waals surface area contributed by atoms with Gasteiger partial charge in [0.2, 0.25) is 0 Å².